The van der Waals surface area contributed by atoms with E-state index >= 15 is 0 Å². The van der Waals surface area contributed by atoms with Gasteiger partial charge in [0.15, 0.2) is 0 Å². The van der Waals surface area contributed by atoms with Crippen molar-refractivity contribution in [1.82, 2.24) is 16.0 Å². The van der Waals surface area contributed by atoms with E-state index in [0.29, 0.717) is 6.42 Å². The zero-order chi connectivity index (χ0) is 22.7. The van der Waals surface area contributed by atoms with E-state index in [1.165, 1.54) is 0 Å². The van der Waals surface area contributed by atoms with Gasteiger partial charge in [-0.25, -0.2) is 4.79 Å². The maximum atomic E-state index is 12.6. The molecule has 166 valence electrons. The molecule has 0 radical (unpaired) electrons. The Labute approximate surface area is 177 Å². The molecule has 1 aromatic rings. The Bertz CT molecular complexity index is 721. The van der Waals surface area contributed by atoms with Crippen LogP contribution >= 0.6 is 0 Å². The van der Waals surface area contributed by atoms with E-state index in [-0.39, 0.29) is 25.0 Å². The van der Waals surface area contributed by atoms with Crippen LogP contribution in [0.3, 0.4) is 0 Å². The van der Waals surface area contributed by atoms with Crippen LogP contribution in [0.25, 0.3) is 0 Å². The van der Waals surface area contributed by atoms with Gasteiger partial charge in [0.05, 0.1) is 0 Å². The van der Waals surface area contributed by atoms with Gasteiger partial charge in [-0.1, -0.05) is 58.0 Å². The van der Waals surface area contributed by atoms with E-state index in [4.69, 9.17) is 10.5 Å². The number of nitrogens with two attached hydrogens (primary N) is 1. The highest BCUT2D eigenvalue weighted by molar-refractivity contribution is 5.92. The summed E-state index contributed by atoms with van der Waals surface area (Å²) >= 11 is 0. The van der Waals surface area contributed by atoms with Crippen molar-refractivity contribution in [2.24, 2.45) is 17.6 Å². The highest BCUT2D eigenvalue weighted by atomic mass is 16.5. The van der Waals surface area contributed by atoms with Crippen LogP contribution in [-0.2, 0) is 25.7 Å². The molecule has 2 atom stereocenters. The van der Waals surface area contributed by atoms with Gasteiger partial charge < -0.3 is 26.4 Å². The van der Waals surface area contributed by atoms with Gasteiger partial charge in [-0.05, 0) is 23.8 Å². The van der Waals surface area contributed by atoms with Crippen LogP contribution in [0, 0.1) is 11.8 Å². The molecule has 1 aromatic carbocycles. The Balaban J connectivity index is 2.56. The molecule has 0 bridgehead atoms. The fraction of sp³-hybridized carbons (Fsp3) is 0.524. The van der Waals surface area contributed by atoms with Crippen molar-refractivity contribution >= 4 is 23.8 Å². The first-order valence-corrected chi connectivity index (χ1v) is 9.93. The molecule has 9 heteroatoms. The van der Waals surface area contributed by atoms with Gasteiger partial charge in [0.25, 0.3) is 0 Å². The van der Waals surface area contributed by atoms with Crippen molar-refractivity contribution in [2.75, 3.05) is 6.54 Å². The highest BCUT2D eigenvalue weighted by Crippen LogP contribution is 2.07. The van der Waals surface area contributed by atoms with Crippen molar-refractivity contribution in [1.29, 1.82) is 0 Å². The third-order valence-electron chi connectivity index (χ3n) is 4.24. The summed E-state index contributed by atoms with van der Waals surface area (Å²) in [5.41, 5.74) is 6.16. The van der Waals surface area contributed by atoms with Crippen LogP contribution in [0.4, 0.5) is 4.79 Å². The largest absolute Gasteiger partial charge is 0.445 e. The summed E-state index contributed by atoms with van der Waals surface area (Å²) in [6.45, 7) is 7.06. The molecule has 0 aliphatic carbocycles. The molecular formula is C21H32N4O5. The van der Waals surface area contributed by atoms with Gasteiger partial charge in [-0.3, -0.25) is 14.4 Å². The molecule has 9 nitrogen and oxygen atoms in total. The van der Waals surface area contributed by atoms with Crippen LogP contribution in [0.1, 0.15) is 39.7 Å². The Morgan fingerprint density at radius 2 is 1.63 bits per heavy atom. The lowest BCUT2D eigenvalue weighted by Crippen LogP contribution is -2.55. The van der Waals surface area contributed by atoms with Gasteiger partial charge in [0.1, 0.15) is 25.2 Å². The van der Waals surface area contributed by atoms with Crippen LogP contribution in [-0.4, -0.2) is 42.4 Å². The number of benzene rings is 1. The molecule has 4 amide bonds. The van der Waals surface area contributed by atoms with E-state index in [0.717, 1.165) is 5.56 Å². The summed E-state index contributed by atoms with van der Waals surface area (Å²) in [7, 11) is 0. The second-order valence-corrected chi connectivity index (χ2v) is 7.80. The number of ether oxygens (including phenoxy) is 1. The second-order valence-electron chi connectivity index (χ2n) is 7.80. The van der Waals surface area contributed by atoms with Crippen molar-refractivity contribution in [3.8, 4) is 0 Å². The summed E-state index contributed by atoms with van der Waals surface area (Å²) in [6, 6.07) is 7.43. The molecule has 0 aromatic heterocycles. The molecule has 0 aliphatic rings. The minimum atomic E-state index is -0.861. The first-order valence-electron chi connectivity index (χ1n) is 9.93. The van der Waals surface area contributed by atoms with E-state index < -0.39 is 35.9 Å². The van der Waals surface area contributed by atoms with Crippen LogP contribution in [0.5, 0.6) is 0 Å². The fourth-order valence-corrected chi connectivity index (χ4v) is 2.70. The van der Waals surface area contributed by atoms with Gasteiger partial charge in [-0.15, -0.1) is 0 Å². The van der Waals surface area contributed by atoms with E-state index in [9.17, 15) is 19.2 Å². The quantitative estimate of drug-likeness (QED) is 0.424. The Hall–Kier alpha value is -3.10. The lowest BCUT2D eigenvalue weighted by Gasteiger charge is -2.24. The average Bonchev–Trinajstić information content (AvgIpc) is 2.68. The summed E-state index contributed by atoms with van der Waals surface area (Å²) < 4.78 is 5.04. The van der Waals surface area contributed by atoms with Crippen molar-refractivity contribution < 1.29 is 23.9 Å². The van der Waals surface area contributed by atoms with Gasteiger partial charge >= 0.3 is 6.09 Å². The first kappa shape index (κ1) is 24.9. The molecule has 1 rings (SSSR count). The molecule has 0 spiro atoms. The van der Waals surface area contributed by atoms with Crippen molar-refractivity contribution in [2.45, 2.75) is 52.8 Å². The number of carbonyl (C=O) groups is 4. The van der Waals surface area contributed by atoms with Crippen LogP contribution < -0.4 is 21.7 Å². The van der Waals surface area contributed by atoms with E-state index in [2.05, 4.69) is 16.0 Å². The minimum absolute atomic E-state index is 0.0797. The zero-order valence-corrected chi connectivity index (χ0v) is 17.9. The second kappa shape index (κ2) is 12.5. The maximum absolute atomic E-state index is 12.6. The smallest absolute Gasteiger partial charge is 0.407 e. The van der Waals surface area contributed by atoms with Gasteiger partial charge in [0.2, 0.25) is 17.7 Å². The SMILES string of the molecule is CC(C)C[C@H](NC(=O)CNC(=O)OCc1ccccc1)C(=O)N[C@H](C(N)=O)C(C)C. The lowest BCUT2D eigenvalue weighted by molar-refractivity contribution is -0.132. The molecule has 30 heavy (non-hydrogen) atoms. The number of hydrogen-bond donors (Lipinski definition) is 4. The molecule has 5 N–H and O–H groups in total. The minimum Gasteiger partial charge on any atom is -0.445 e. The first-order chi connectivity index (χ1) is 14.1. The summed E-state index contributed by atoms with van der Waals surface area (Å²) in [5.74, 6) is -1.77. The topological polar surface area (TPSA) is 140 Å². The Morgan fingerprint density at radius 1 is 1.00 bits per heavy atom. The highest BCUT2D eigenvalue weighted by Gasteiger charge is 2.28. The maximum Gasteiger partial charge on any atom is 0.407 e. The molecular weight excluding hydrogens is 388 g/mol. The predicted molar refractivity (Wildman–Crippen MR) is 112 cm³/mol. The normalized spacial score (nSPS) is 12.7. The predicted octanol–water partition coefficient (Wildman–Crippen LogP) is 1.07. The van der Waals surface area contributed by atoms with Crippen LogP contribution in [0.15, 0.2) is 30.3 Å². The van der Waals surface area contributed by atoms with Crippen LogP contribution in [0.2, 0.25) is 0 Å². The number of carbonyl (C=O) groups excluding carboxylic acids is 4. The van der Waals surface area contributed by atoms with Gasteiger partial charge in [0, 0.05) is 0 Å². The number of alkyl carbamates (subject to hydrolysis) is 1. The molecule has 0 fully saturated rings. The lowest BCUT2D eigenvalue weighted by atomic mass is 10.00. The number of nitrogens with one attached hydrogen (secondary N) is 3. The number of rotatable bonds is 11. The Kier molecular flexibility index (Phi) is 10.4. The monoisotopic (exact) mass is 420 g/mol. The summed E-state index contributed by atoms with van der Waals surface area (Å²) in [5, 5.41) is 7.53. The summed E-state index contributed by atoms with van der Waals surface area (Å²) in [4.78, 5) is 48.1. The van der Waals surface area contributed by atoms with Crippen molar-refractivity contribution in [3.63, 3.8) is 0 Å². The number of hydrogen-bond acceptors (Lipinski definition) is 5. The zero-order valence-electron chi connectivity index (χ0n) is 17.9. The fourth-order valence-electron chi connectivity index (χ4n) is 2.70. The third kappa shape index (κ3) is 9.40. The average molecular weight is 421 g/mol. The number of amides is 4. The third-order valence-corrected chi connectivity index (χ3v) is 4.24. The van der Waals surface area contributed by atoms with Gasteiger partial charge in [-0.2, -0.15) is 0 Å². The standard InChI is InChI=1S/C21H32N4O5/c1-13(2)10-16(20(28)25-18(14(3)4)19(22)27)24-17(26)11-23-21(29)30-12-15-8-6-5-7-9-15/h5-9,13-14,16,18H,10-12H2,1-4H3,(H2,22,27)(H,23,29)(H,24,26)(H,25,28)/t16-,18-/m0/s1. The van der Waals surface area contributed by atoms with Crippen molar-refractivity contribution in [3.05, 3.63) is 35.9 Å². The van der Waals surface area contributed by atoms with E-state index in [1.54, 1.807) is 13.8 Å². The van der Waals surface area contributed by atoms with E-state index in [1.807, 2.05) is 44.2 Å². The molecule has 0 saturated heterocycles. The Morgan fingerprint density at radius 3 is 2.17 bits per heavy atom. The number of primary amides is 1. The molecule has 0 saturated carbocycles. The molecule has 0 heterocycles. The molecule has 0 unspecified atom stereocenters. The molecule has 0 aliphatic heterocycles. The summed E-state index contributed by atoms with van der Waals surface area (Å²) in [6.07, 6.45) is -0.382.